The van der Waals surface area contributed by atoms with Crippen LogP contribution in [0.3, 0.4) is 0 Å². The number of ether oxygens (including phenoxy) is 1. The minimum absolute atomic E-state index is 0.0366. The molecule has 0 amide bonds. The van der Waals surface area contributed by atoms with Crippen LogP contribution < -0.4 is 5.73 Å². The molecule has 1 aromatic rings. The van der Waals surface area contributed by atoms with E-state index in [0.29, 0.717) is 6.42 Å². The number of hydrogen-bond acceptors (Lipinski definition) is 3. The molecule has 0 radical (unpaired) electrons. The van der Waals surface area contributed by atoms with E-state index in [9.17, 15) is 18.0 Å². The summed E-state index contributed by atoms with van der Waals surface area (Å²) in [7, 11) is 0. The molecular formula is C14H14F3NO2. The Balaban J connectivity index is 2.37. The third-order valence-electron chi connectivity index (χ3n) is 3.08. The Labute approximate surface area is 114 Å². The van der Waals surface area contributed by atoms with E-state index >= 15 is 0 Å². The van der Waals surface area contributed by atoms with Crippen LogP contribution >= 0.6 is 0 Å². The summed E-state index contributed by atoms with van der Waals surface area (Å²) >= 11 is 0. The summed E-state index contributed by atoms with van der Waals surface area (Å²) < 4.78 is 43.3. The number of carbonyl (C=O) groups excluding carboxylic acids is 1. The fourth-order valence-corrected chi connectivity index (χ4v) is 2.14. The predicted molar refractivity (Wildman–Crippen MR) is 67.3 cm³/mol. The number of hydrogen-bond donors (Lipinski definition) is 1. The molecule has 1 aromatic carbocycles. The molecular weight excluding hydrogens is 271 g/mol. The smallest absolute Gasteiger partial charge is 0.416 e. The molecule has 0 fully saturated rings. The number of Topliss-reactive ketones (excluding diaryl/α,β-unsaturated/α-hetero) is 1. The van der Waals surface area contributed by atoms with Crippen LogP contribution in [0.2, 0.25) is 0 Å². The van der Waals surface area contributed by atoms with Crippen molar-refractivity contribution in [3.05, 3.63) is 41.3 Å². The number of ketones is 1. The zero-order valence-corrected chi connectivity index (χ0v) is 10.8. The second-order valence-corrected chi connectivity index (χ2v) is 4.58. The van der Waals surface area contributed by atoms with Gasteiger partial charge < -0.3 is 10.5 Å². The van der Waals surface area contributed by atoms with Crippen LogP contribution in [0.1, 0.15) is 30.9 Å². The molecule has 3 nitrogen and oxygen atoms in total. The highest BCUT2D eigenvalue weighted by Gasteiger charge is 2.36. The maximum Gasteiger partial charge on any atom is 0.416 e. The van der Waals surface area contributed by atoms with Crippen molar-refractivity contribution in [1.82, 2.24) is 0 Å². The fourth-order valence-electron chi connectivity index (χ4n) is 2.14. The first-order chi connectivity index (χ1) is 9.34. The van der Waals surface area contributed by atoms with E-state index in [2.05, 4.69) is 0 Å². The highest BCUT2D eigenvalue weighted by Crippen LogP contribution is 2.34. The zero-order valence-electron chi connectivity index (χ0n) is 10.8. The van der Waals surface area contributed by atoms with Crippen LogP contribution in [-0.2, 0) is 15.7 Å². The normalized spacial score (nSPS) is 19.4. The van der Waals surface area contributed by atoms with Gasteiger partial charge in [-0.25, -0.2) is 0 Å². The van der Waals surface area contributed by atoms with E-state index < -0.39 is 17.8 Å². The van der Waals surface area contributed by atoms with Gasteiger partial charge >= 0.3 is 6.18 Å². The van der Waals surface area contributed by atoms with Gasteiger partial charge in [-0.3, -0.25) is 4.79 Å². The first-order valence-corrected chi connectivity index (χ1v) is 6.22. The fraction of sp³-hybridized carbons (Fsp3) is 0.357. The Kier molecular flexibility index (Phi) is 3.74. The SMILES string of the molecule is CCCC1OC(N)=C(c2cccc(C(F)(F)F)c2)C1=O. The Morgan fingerprint density at radius 3 is 2.65 bits per heavy atom. The van der Waals surface area contributed by atoms with Gasteiger partial charge in [0.2, 0.25) is 5.78 Å². The molecule has 20 heavy (non-hydrogen) atoms. The molecule has 0 saturated carbocycles. The molecule has 1 heterocycles. The van der Waals surface area contributed by atoms with Gasteiger partial charge in [-0.1, -0.05) is 25.5 Å². The predicted octanol–water partition coefficient (Wildman–Crippen LogP) is 3.10. The van der Waals surface area contributed by atoms with E-state index in [0.717, 1.165) is 18.6 Å². The molecule has 1 atom stereocenters. The van der Waals surface area contributed by atoms with Crippen molar-refractivity contribution in [2.45, 2.75) is 32.0 Å². The van der Waals surface area contributed by atoms with Crippen LogP contribution in [0, 0.1) is 0 Å². The Morgan fingerprint density at radius 2 is 2.05 bits per heavy atom. The molecule has 2 rings (SSSR count). The lowest BCUT2D eigenvalue weighted by atomic mass is 9.97. The maximum atomic E-state index is 12.7. The molecule has 6 heteroatoms. The van der Waals surface area contributed by atoms with Crippen molar-refractivity contribution < 1.29 is 22.7 Å². The van der Waals surface area contributed by atoms with Gasteiger partial charge in [-0.2, -0.15) is 13.2 Å². The second-order valence-electron chi connectivity index (χ2n) is 4.58. The topological polar surface area (TPSA) is 52.3 Å². The lowest BCUT2D eigenvalue weighted by Crippen LogP contribution is -2.18. The van der Waals surface area contributed by atoms with E-state index in [1.54, 1.807) is 0 Å². The average Bonchev–Trinajstić information content (AvgIpc) is 2.64. The van der Waals surface area contributed by atoms with Crippen LogP contribution in [-0.4, -0.2) is 11.9 Å². The summed E-state index contributed by atoms with van der Waals surface area (Å²) in [5.74, 6) is -0.462. The minimum atomic E-state index is -4.46. The van der Waals surface area contributed by atoms with Crippen LogP contribution in [0.5, 0.6) is 0 Å². The molecule has 0 aromatic heterocycles. The summed E-state index contributed by atoms with van der Waals surface area (Å²) in [6.07, 6.45) is -3.94. The van der Waals surface area contributed by atoms with Gasteiger partial charge in [0.15, 0.2) is 12.0 Å². The zero-order chi connectivity index (χ0) is 14.9. The molecule has 1 aliphatic rings. The highest BCUT2D eigenvalue weighted by molar-refractivity contribution is 6.24. The number of carbonyl (C=O) groups is 1. The minimum Gasteiger partial charge on any atom is -0.467 e. The third-order valence-corrected chi connectivity index (χ3v) is 3.08. The second kappa shape index (κ2) is 5.19. The Bertz CT molecular complexity index is 564. The Morgan fingerprint density at radius 1 is 1.35 bits per heavy atom. The number of benzene rings is 1. The summed E-state index contributed by atoms with van der Waals surface area (Å²) in [5, 5.41) is 0. The van der Waals surface area contributed by atoms with Crippen molar-refractivity contribution in [3.8, 4) is 0 Å². The number of alkyl halides is 3. The number of rotatable bonds is 3. The van der Waals surface area contributed by atoms with Gasteiger partial charge in [-0.05, 0) is 24.1 Å². The monoisotopic (exact) mass is 285 g/mol. The molecule has 108 valence electrons. The van der Waals surface area contributed by atoms with Gasteiger partial charge in [-0.15, -0.1) is 0 Å². The molecule has 0 saturated heterocycles. The van der Waals surface area contributed by atoms with Crippen molar-refractivity contribution in [1.29, 1.82) is 0 Å². The van der Waals surface area contributed by atoms with Gasteiger partial charge in [0.25, 0.3) is 0 Å². The largest absolute Gasteiger partial charge is 0.467 e. The van der Waals surface area contributed by atoms with Crippen LogP contribution in [0.15, 0.2) is 30.1 Å². The quantitative estimate of drug-likeness (QED) is 0.928. The molecule has 1 unspecified atom stereocenters. The summed E-state index contributed by atoms with van der Waals surface area (Å²) in [6, 6.07) is 4.54. The summed E-state index contributed by atoms with van der Waals surface area (Å²) in [4.78, 5) is 12.1. The van der Waals surface area contributed by atoms with Crippen molar-refractivity contribution in [3.63, 3.8) is 0 Å². The van der Waals surface area contributed by atoms with E-state index in [1.807, 2.05) is 6.92 Å². The lowest BCUT2D eigenvalue weighted by molar-refractivity contribution is -0.137. The lowest BCUT2D eigenvalue weighted by Gasteiger charge is -2.09. The van der Waals surface area contributed by atoms with Crippen LogP contribution in [0.25, 0.3) is 5.57 Å². The van der Waals surface area contributed by atoms with Gasteiger partial charge in [0.05, 0.1) is 11.1 Å². The number of nitrogens with two attached hydrogens (primary N) is 1. The standard InChI is InChI=1S/C14H14F3NO2/c1-2-4-10-12(19)11(13(18)20-10)8-5-3-6-9(7-8)14(15,16)17/h3,5-7,10H,2,4,18H2,1H3. The first-order valence-electron chi connectivity index (χ1n) is 6.22. The maximum absolute atomic E-state index is 12.7. The van der Waals surface area contributed by atoms with E-state index in [-0.39, 0.29) is 22.8 Å². The van der Waals surface area contributed by atoms with Crippen molar-refractivity contribution in [2.75, 3.05) is 0 Å². The molecule has 0 bridgehead atoms. The van der Waals surface area contributed by atoms with E-state index in [1.165, 1.54) is 12.1 Å². The number of halogens is 3. The molecule has 0 spiro atoms. The van der Waals surface area contributed by atoms with E-state index in [4.69, 9.17) is 10.5 Å². The molecule has 2 N–H and O–H groups in total. The Hall–Kier alpha value is -1.98. The average molecular weight is 285 g/mol. The van der Waals surface area contributed by atoms with Crippen molar-refractivity contribution in [2.24, 2.45) is 5.73 Å². The van der Waals surface area contributed by atoms with Gasteiger partial charge in [0.1, 0.15) is 0 Å². The first kappa shape index (κ1) is 14.4. The molecule has 0 aliphatic carbocycles. The van der Waals surface area contributed by atoms with Crippen molar-refractivity contribution >= 4 is 11.4 Å². The highest BCUT2D eigenvalue weighted by atomic mass is 19.4. The molecule has 1 aliphatic heterocycles. The summed E-state index contributed by atoms with van der Waals surface area (Å²) in [5.41, 5.74) is 5.00. The third kappa shape index (κ3) is 2.64. The van der Waals surface area contributed by atoms with Crippen LogP contribution in [0.4, 0.5) is 13.2 Å². The summed E-state index contributed by atoms with van der Waals surface area (Å²) in [6.45, 7) is 1.88. The van der Waals surface area contributed by atoms with Gasteiger partial charge in [0, 0.05) is 0 Å².